The first-order chi connectivity index (χ1) is 12.5. The number of aromatic nitrogens is 4. The molecule has 0 aromatic carbocycles. The molecular formula is C18H27N5O3. The molecule has 0 saturated carbocycles. The van der Waals surface area contributed by atoms with Crippen LogP contribution in [0.5, 0.6) is 0 Å². The van der Waals surface area contributed by atoms with Crippen LogP contribution in [0.25, 0.3) is 0 Å². The van der Waals surface area contributed by atoms with Gasteiger partial charge >= 0.3 is 0 Å². The Kier molecular flexibility index (Phi) is 6.03. The zero-order valence-electron chi connectivity index (χ0n) is 15.8. The van der Waals surface area contributed by atoms with Gasteiger partial charge in [-0.25, -0.2) is 0 Å². The fourth-order valence-electron chi connectivity index (χ4n) is 3.32. The van der Waals surface area contributed by atoms with E-state index in [0.29, 0.717) is 44.3 Å². The second kappa shape index (κ2) is 8.44. The first kappa shape index (κ1) is 18.6. The number of aryl methyl sites for hydroxylation is 4. The third-order valence-corrected chi connectivity index (χ3v) is 4.62. The highest BCUT2D eigenvalue weighted by molar-refractivity contribution is 5.76. The predicted octanol–water partition coefficient (Wildman–Crippen LogP) is 1.83. The van der Waals surface area contributed by atoms with Crippen LogP contribution in [0.1, 0.15) is 42.4 Å². The minimum atomic E-state index is 0.0781. The molecule has 2 aromatic heterocycles. The summed E-state index contributed by atoms with van der Waals surface area (Å²) in [7, 11) is 0. The van der Waals surface area contributed by atoms with Crippen LogP contribution in [0.2, 0.25) is 0 Å². The van der Waals surface area contributed by atoms with E-state index >= 15 is 0 Å². The van der Waals surface area contributed by atoms with Crippen molar-refractivity contribution in [3.05, 3.63) is 29.2 Å². The summed E-state index contributed by atoms with van der Waals surface area (Å²) in [6.07, 6.45) is 3.12. The number of hydrogen-bond acceptors (Lipinski definition) is 6. The summed E-state index contributed by atoms with van der Waals surface area (Å²) in [6.45, 7) is 8.37. The molecule has 8 heteroatoms. The molecule has 3 rings (SSSR count). The van der Waals surface area contributed by atoms with E-state index in [1.165, 1.54) is 0 Å². The number of likely N-dealkylation sites (tertiary alicyclic amines) is 1. The molecule has 0 N–H and O–H groups in total. The van der Waals surface area contributed by atoms with Crippen molar-refractivity contribution in [1.82, 2.24) is 24.8 Å². The van der Waals surface area contributed by atoms with Crippen molar-refractivity contribution in [2.75, 3.05) is 19.7 Å². The molecule has 1 unspecified atom stereocenters. The number of piperidine rings is 1. The van der Waals surface area contributed by atoms with E-state index in [1.807, 2.05) is 29.5 Å². The molecule has 8 nitrogen and oxygen atoms in total. The van der Waals surface area contributed by atoms with Gasteiger partial charge in [-0.05, 0) is 32.8 Å². The molecule has 0 bridgehead atoms. The Hall–Kier alpha value is -2.22. The Balaban J connectivity index is 1.42. The number of rotatable bonds is 7. The zero-order valence-corrected chi connectivity index (χ0v) is 15.8. The van der Waals surface area contributed by atoms with Crippen molar-refractivity contribution in [2.24, 2.45) is 0 Å². The maximum atomic E-state index is 12.5. The number of amides is 1. The lowest BCUT2D eigenvalue weighted by Crippen LogP contribution is -2.43. The molecule has 1 saturated heterocycles. The van der Waals surface area contributed by atoms with E-state index in [9.17, 15) is 4.79 Å². The molecule has 1 amide bonds. The van der Waals surface area contributed by atoms with Crippen LogP contribution in [0.15, 0.2) is 10.6 Å². The third-order valence-electron chi connectivity index (χ3n) is 4.62. The fourth-order valence-corrected chi connectivity index (χ4v) is 3.32. The van der Waals surface area contributed by atoms with E-state index in [4.69, 9.17) is 9.26 Å². The Bertz CT molecular complexity index is 739. The topological polar surface area (TPSA) is 86.3 Å². The lowest BCUT2D eigenvalue weighted by atomic mass is 10.1. The summed E-state index contributed by atoms with van der Waals surface area (Å²) in [4.78, 5) is 18.6. The largest absolute Gasteiger partial charge is 0.376 e. The van der Waals surface area contributed by atoms with Crippen molar-refractivity contribution in [3.63, 3.8) is 0 Å². The Morgan fingerprint density at radius 1 is 1.38 bits per heavy atom. The average Bonchev–Trinajstić information content (AvgIpc) is 3.17. The van der Waals surface area contributed by atoms with Crippen LogP contribution in [-0.4, -0.2) is 56.5 Å². The third kappa shape index (κ3) is 4.91. The number of ether oxygens (including phenoxy) is 1. The molecule has 0 aliphatic carbocycles. The fraction of sp³-hybridized carbons (Fsp3) is 0.667. The molecule has 142 valence electrons. The van der Waals surface area contributed by atoms with E-state index in [1.54, 1.807) is 6.92 Å². The summed E-state index contributed by atoms with van der Waals surface area (Å²) >= 11 is 0. The minimum absolute atomic E-state index is 0.0781. The van der Waals surface area contributed by atoms with Gasteiger partial charge in [-0.1, -0.05) is 5.16 Å². The van der Waals surface area contributed by atoms with Crippen molar-refractivity contribution >= 4 is 5.91 Å². The molecule has 1 atom stereocenters. The number of carbonyl (C=O) groups is 1. The van der Waals surface area contributed by atoms with Gasteiger partial charge in [-0.15, -0.1) is 0 Å². The molecule has 1 fully saturated rings. The van der Waals surface area contributed by atoms with Gasteiger partial charge in [0.25, 0.3) is 0 Å². The molecular weight excluding hydrogens is 334 g/mol. The van der Waals surface area contributed by atoms with E-state index < -0.39 is 0 Å². The molecule has 0 spiro atoms. The summed E-state index contributed by atoms with van der Waals surface area (Å²) in [5, 5.41) is 8.28. The van der Waals surface area contributed by atoms with Crippen molar-refractivity contribution in [2.45, 2.75) is 59.1 Å². The standard InChI is InChI=1S/C18H27N5O3/c1-13-11-14(2)23(20-13)9-6-18(24)22-8-4-5-16(12-22)25-10-7-17-19-15(3)26-21-17/h11,16H,4-10,12H2,1-3H3. The smallest absolute Gasteiger partial charge is 0.224 e. The van der Waals surface area contributed by atoms with E-state index in [0.717, 1.165) is 30.8 Å². The van der Waals surface area contributed by atoms with Crippen LogP contribution >= 0.6 is 0 Å². The Morgan fingerprint density at radius 2 is 2.23 bits per heavy atom. The Morgan fingerprint density at radius 3 is 2.92 bits per heavy atom. The molecule has 3 heterocycles. The molecule has 1 aliphatic heterocycles. The highest BCUT2D eigenvalue weighted by Crippen LogP contribution is 2.15. The summed E-state index contributed by atoms with van der Waals surface area (Å²) in [5.41, 5.74) is 2.07. The van der Waals surface area contributed by atoms with Crippen LogP contribution < -0.4 is 0 Å². The molecule has 1 aliphatic rings. The summed E-state index contributed by atoms with van der Waals surface area (Å²) in [5.74, 6) is 1.40. The van der Waals surface area contributed by atoms with E-state index in [-0.39, 0.29) is 12.0 Å². The maximum Gasteiger partial charge on any atom is 0.224 e. The number of nitrogens with zero attached hydrogens (tertiary/aromatic N) is 5. The van der Waals surface area contributed by atoms with Crippen LogP contribution in [0.3, 0.4) is 0 Å². The first-order valence-electron chi connectivity index (χ1n) is 9.21. The molecule has 26 heavy (non-hydrogen) atoms. The van der Waals surface area contributed by atoms with Gasteiger partial charge in [0.1, 0.15) is 0 Å². The summed E-state index contributed by atoms with van der Waals surface area (Å²) < 4.78 is 12.8. The average molecular weight is 361 g/mol. The van der Waals surface area contributed by atoms with Gasteiger partial charge in [0.15, 0.2) is 5.82 Å². The lowest BCUT2D eigenvalue weighted by molar-refractivity contribution is -0.135. The van der Waals surface area contributed by atoms with Crippen LogP contribution in [0, 0.1) is 20.8 Å². The number of hydrogen-bond donors (Lipinski definition) is 0. The quantitative estimate of drug-likeness (QED) is 0.748. The van der Waals surface area contributed by atoms with Crippen LogP contribution in [0.4, 0.5) is 0 Å². The monoisotopic (exact) mass is 361 g/mol. The molecule has 2 aromatic rings. The van der Waals surface area contributed by atoms with Gasteiger partial charge < -0.3 is 14.2 Å². The Labute approximate surface area is 153 Å². The van der Waals surface area contributed by atoms with Gasteiger partial charge in [-0.3, -0.25) is 9.48 Å². The lowest BCUT2D eigenvalue weighted by Gasteiger charge is -2.32. The predicted molar refractivity (Wildman–Crippen MR) is 94.6 cm³/mol. The molecule has 0 radical (unpaired) electrons. The van der Waals surface area contributed by atoms with Crippen molar-refractivity contribution < 1.29 is 14.1 Å². The highest BCUT2D eigenvalue weighted by Gasteiger charge is 2.24. The zero-order chi connectivity index (χ0) is 18.5. The normalized spacial score (nSPS) is 17.7. The first-order valence-corrected chi connectivity index (χ1v) is 9.21. The second-order valence-corrected chi connectivity index (χ2v) is 6.85. The SMILES string of the molecule is Cc1cc(C)n(CCC(=O)N2CCCC(OCCc3noc(C)n3)C2)n1. The number of carbonyl (C=O) groups excluding carboxylic acids is 1. The second-order valence-electron chi connectivity index (χ2n) is 6.85. The maximum absolute atomic E-state index is 12.5. The summed E-state index contributed by atoms with van der Waals surface area (Å²) in [6, 6.07) is 2.03. The van der Waals surface area contributed by atoms with E-state index in [2.05, 4.69) is 15.2 Å². The van der Waals surface area contributed by atoms with Crippen molar-refractivity contribution in [1.29, 1.82) is 0 Å². The van der Waals surface area contributed by atoms with Gasteiger partial charge in [0, 0.05) is 45.1 Å². The highest BCUT2D eigenvalue weighted by atomic mass is 16.5. The van der Waals surface area contributed by atoms with Gasteiger partial charge in [0.2, 0.25) is 11.8 Å². The van der Waals surface area contributed by atoms with Gasteiger partial charge in [-0.2, -0.15) is 10.1 Å². The minimum Gasteiger partial charge on any atom is -0.376 e. The van der Waals surface area contributed by atoms with Crippen molar-refractivity contribution in [3.8, 4) is 0 Å². The van der Waals surface area contributed by atoms with Gasteiger partial charge in [0.05, 0.1) is 18.4 Å². The van der Waals surface area contributed by atoms with Crippen LogP contribution in [-0.2, 0) is 22.5 Å².